The molecule has 2 amide bonds. The fraction of sp³-hybridized carbons (Fsp3) is 0.429. The number of halogens is 1. The van der Waals surface area contributed by atoms with E-state index in [1.54, 1.807) is 24.3 Å². The summed E-state index contributed by atoms with van der Waals surface area (Å²) in [6, 6.07) is 6.44. The molecular formula is C14H17ClN2O5. The summed E-state index contributed by atoms with van der Waals surface area (Å²) in [6.07, 6.45) is -1.66. The lowest BCUT2D eigenvalue weighted by molar-refractivity contribution is 0.0562. The first kappa shape index (κ1) is 16.2. The molecule has 1 atom stereocenters. The minimum absolute atomic E-state index is 0.158. The molecule has 1 aliphatic rings. The lowest BCUT2D eigenvalue weighted by Crippen LogP contribution is -2.56. The fourth-order valence-electron chi connectivity index (χ4n) is 2.37. The SMILES string of the molecule is O=C(O)N1CCN(C(=O)O)[C@H](CCOc2ccc(Cl)cc2)C1. The molecule has 1 aliphatic heterocycles. The maximum absolute atomic E-state index is 11.2. The molecule has 2 rings (SSSR count). The van der Waals surface area contributed by atoms with Gasteiger partial charge in [-0.1, -0.05) is 11.6 Å². The van der Waals surface area contributed by atoms with Crippen LogP contribution < -0.4 is 4.74 Å². The lowest BCUT2D eigenvalue weighted by atomic mass is 10.1. The number of hydrogen-bond acceptors (Lipinski definition) is 3. The van der Waals surface area contributed by atoms with Gasteiger partial charge >= 0.3 is 12.2 Å². The van der Waals surface area contributed by atoms with Gasteiger partial charge in [0.15, 0.2) is 0 Å². The quantitative estimate of drug-likeness (QED) is 0.886. The van der Waals surface area contributed by atoms with Gasteiger partial charge in [-0.2, -0.15) is 0 Å². The number of carbonyl (C=O) groups is 2. The first-order valence-corrected chi connectivity index (χ1v) is 7.21. The Balaban J connectivity index is 1.90. The highest BCUT2D eigenvalue weighted by molar-refractivity contribution is 6.30. The second-order valence-corrected chi connectivity index (χ2v) is 5.39. The molecule has 120 valence electrons. The topological polar surface area (TPSA) is 90.3 Å². The van der Waals surface area contributed by atoms with Crippen LogP contribution >= 0.6 is 11.6 Å². The van der Waals surface area contributed by atoms with Crippen molar-refractivity contribution in [3.8, 4) is 5.75 Å². The number of carboxylic acid groups (broad SMARTS) is 2. The predicted molar refractivity (Wildman–Crippen MR) is 79.7 cm³/mol. The van der Waals surface area contributed by atoms with Crippen molar-refractivity contribution in [2.75, 3.05) is 26.2 Å². The number of benzene rings is 1. The van der Waals surface area contributed by atoms with E-state index < -0.39 is 18.2 Å². The Kier molecular flexibility index (Phi) is 5.32. The zero-order chi connectivity index (χ0) is 16.1. The van der Waals surface area contributed by atoms with Crippen LogP contribution in [0.2, 0.25) is 5.02 Å². The Morgan fingerprint density at radius 2 is 1.86 bits per heavy atom. The summed E-state index contributed by atoms with van der Waals surface area (Å²) in [4.78, 5) is 24.7. The summed E-state index contributed by atoms with van der Waals surface area (Å²) in [5.41, 5.74) is 0. The van der Waals surface area contributed by atoms with E-state index in [2.05, 4.69) is 0 Å². The van der Waals surface area contributed by atoms with Gasteiger partial charge in [-0.3, -0.25) is 0 Å². The van der Waals surface area contributed by atoms with Crippen LogP contribution in [0.4, 0.5) is 9.59 Å². The van der Waals surface area contributed by atoms with Gasteiger partial charge in [0, 0.05) is 31.1 Å². The largest absolute Gasteiger partial charge is 0.494 e. The van der Waals surface area contributed by atoms with Crippen LogP contribution in [0.3, 0.4) is 0 Å². The van der Waals surface area contributed by atoms with E-state index >= 15 is 0 Å². The van der Waals surface area contributed by atoms with E-state index in [1.807, 2.05) is 0 Å². The second kappa shape index (κ2) is 7.22. The van der Waals surface area contributed by atoms with Crippen molar-refractivity contribution in [2.24, 2.45) is 0 Å². The second-order valence-electron chi connectivity index (χ2n) is 4.95. The van der Waals surface area contributed by atoms with Crippen LogP contribution in [0.25, 0.3) is 0 Å². The monoisotopic (exact) mass is 328 g/mol. The average molecular weight is 329 g/mol. The van der Waals surface area contributed by atoms with E-state index in [-0.39, 0.29) is 19.6 Å². The molecule has 2 N–H and O–H groups in total. The Morgan fingerprint density at radius 1 is 1.18 bits per heavy atom. The van der Waals surface area contributed by atoms with Crippen molar-refractivity contribution in [1.29, 1.82) is 0 Å². The highest BCUT2D eigenvalue weighted by Crippen LogP contribution is 2.18. The number of hydrogen-bond donors (Lipinski definition) is 2. The van der Waals surface area contributed by atoms with Crippen molar-refractivity contribution in [1.82, 2.24) is 9.80 Å². The first-order chi connectivity index (χ1) is 10.5. The minimum atomic E-state index is -1.04. The van der Waals surface area contributed by atoms with Crippen molar-refractivity contribution in [3.05, 3.63) is 29.3 Å². The van der Waals surface area contributed by atoms with Gasteiger partial charge in [0.05, 0.1) is 12.6 Å². The molecule has 0 radical (unpaired) electrons. The summed E-state index contributed by atoms with van der Waals surface area (Å²) in [5.74, 6) is 0.636. The van der Waals surface area contributed by atoms with E-state index in [9.17, 15) is 14.7 Å². The lowest BCUT2D eigenvalue weighted by Gasteiger charge is -2.38. The summed E-state index contributed by atoms with van der Waals surface area (Å²) < 4.78 is 5.54. The predicted octanol–water partition coefficient (Wildman–Crippen LogP) is 2.45. The molecule has 0 spiro atoms. The number of piperazine rings is 1. The summed E-state index contributed by atoms with van der Waals surface area (Å²) >= 11 is 5.78. The molecule has 1 saturated heterocycles. The molecule has 1 aromatic rings. The van der Waals surface area contributed by atoms with Crippen LogP contribution in [-0.2, 0) is 0 Å². The van der Waals surface area contributed by atoms with Crippen molar-refractivity contribution in [2.45, 2.75) is 12.5 Å². The fourth-order valence-corrected chi connectivity index (χ4v) is 2.50. The normalized spacial score (nSPS) is 18.1. The van der Waals surface area contributed by atoms with E-state index in [1.165, 1.54) is 9.80 Å². The third-order valence-electron chi connectivity index (χ3n) is 3.53. The van der Waals surface area contributed by atoms with Crippen molar-refractivity contribution in [3.63, 3.8) is 0 Å². The molecule has 0 saturated carbocycles. The van der Waals surface area contributed by atoms with Gasteiger partial charge in [0.2, 0.25) is 0 Å². The molecule has 22 heavy (non-hydrogen) atoms. The van der Waals surface area contributed by atoms with Gasteiger partial charge < -0.3 is 24.7 Å². The number of rotatable bonds is 4. The minimum Gasteiger partial charge on any atom is -0.494 e. The standard InChI is InChI=1S/C14H17ClN2O5/c15-10-1-3-12(4-2-10)22-8-5-11-9-16(13(18)19)6-7-17(11)14(20)21/h1-4,11H,5-9H2,(H,18,19)(H,20,21)/t11-/m1/s1. The van der Waals surface area contributed by atoms with Crippen molar-refractivity contribution < 1.29 is 24.5 Å². The Bertz CT molecular complexity index is 537. The third kappa shape index (κ3) is 4.17. The summed E-state index contributed by atoms with van der Waals surface area (Å²) in [7, 11) is 0. The van der Waals surface area contributed by atoms with Crippen molar-refractivity contribution >= 4 is 23.8 Å². The number of nitrogens with zero attached hydrogens (tertiary/aromatic N) is 2. The zero-order valence-corrected chi connectivity index (χ0v) is 12.6. The maximum Gasteiger partial charge on any atom is 0.407 e. The molecule has 0 aromatic heterocycles. The van der Waals surface area contributed by atoms with E-state index in [0.29, 0.717) is 23.8 Å². The van der Waals surface area contributed by atoms with Crippen LogP contribution in [0.1, 0.15) is 6.42 Å². The molecule has 1 fully saturated rings. The number of ether oxygens (including phenoxy) is 1. The Morgan fingerprint density at radius 3 is 2.45 bits per heavy atom. The molecular weight excluding hydrogens is 312 g/mol. The highest BCUT2D eigenvalue weighted by atomic mass is 35.5. The first-order valence-electron chi connectivity index (χ1n) is 6.83. The molecule has 0 aliphatic carbocycles. The Hall–Kier alpha value is -2.15. The van der Waals surface area contributed by atoms with Crippen LogP contribution in [0.15, 0.2) is 24.3 Å². The van der Waals surface area contributed by atoms with Crippen LogP contribution in [0, 0.1) is 0 Å². The molecule has 7 nitrogen and oxygen atoms in total. The highest BCUT2D eigenvalue weighted by Gasteiger charge is 2.32. The van der Waals surface area contributed by atoms with Gasteiger partial charge in [-0.15, -0.1) is 0 Å². The molecule has 1 heterocycles. The number of amides is 2. The van der Waals surface area contributed by atoms with Gasteiger partial charge in [0.25, 0.3) is 0 Å². The Labute approximate surface area is 132 Å². The maximum atomic E-state index is 11.2. The zero-order valence-electron chi connectivity index (χ0n) is 11.8. The van der Waals surface area contributed by atoms with Gasteiger partial charge in [-0.25, -0.2) is 9.59 Å². The molecule has 8 heteroatoms. The van der Waals surface area contributed by atoms with Crippen LogP contribution in [0.5, 0.6) is 5.75 Å². The summed E-state index contributed by atoms with van der Waals surface area (Å²) in [6.45, 7) is 0.818. The summed E-state index contributed by atoms with van der Waals surface area (Å²) in [5, 5.41) is 18.8. The van der Waals surface area contributed by atoms with Gasteiger partial charge in [-0.05, 0) is 24.3 Å². The molecule has 1 aromatic carbocycles. The smallest absolute Gasteiger partial charge is 0.407 e. The average Bonchev–Trinajstić information content (AvgIpc) is 2.49. The van der Waals surface area contributed by atoms with E-state index in [0.717, 1.165) is 0 Å². The molecule has 0 bridgehead atoms. The van der Waals surface area contributed by atoms with E-state index in [4.69, 9.17) is 21.4 Å². The molecule has 0 unspecified atom stereocenters. The van der Waals surface area contributed by atoms with Crippen LogP contribution in [-0.4, -0.2) is 64.5 Å². The third-order valence-corrected chi connectivity index (χ3v) is 3.78. The van der Waals surface area contributed by atoms with Gasteiger partial charge in [0.1, 0.15) is 5.75 Å².